The second kappa shape index (κ2) is 20.2. The molecule has 3 atom stereocenters. The van der Waals surface area contributed by atoms with Crippen molar-refractivity contribution >= 4 is 48.1 Å². The number of carbonyl (C=O) groups is 2. The fourth-order valence-electron chi connectivity index (χ4n) is 7.97. The van der Waals surface area contributed by atoms with E-state index in [4.69, 9.17) is 33.2 Å². The Morgan fingerprint density at radius 3 is 1.68 bits per heavy atom. The van der Waals surface area contributed by atoms with Crippen molar-refractivity contribution in [3.05, 3.63) is 187 Å². The predicted octanol–water partition coefficient (Wildman–Crippen LogP) is 11.0. The van der Waals surface area contributed by atoms with Crippen LogP contribution >= 0.6 is 7.60 Å². The Morgan fingerprint density at radius 1 is 0.727 bits per heavy atom. The lowest BCUT2D eigenvalue weighted by molar-refractivity contribution is -0.114. The van der Waals surface area contributed by atoms with Gasteiger partial charge in [-0.2, -0.15) is 9.97 Å². The maximum Gasteiger partial charge on any atom is 0.425 e. The van der Waals surface area contributed by atoms with Crippen LogP contribution in [0.25, 0.3) is 11.2 Å². The second-order valence-electron chi connectivity index (χ2n) is 16.1. The summed E-state index contributed by atoms with van der Waals surface area (Å²) in [5, 5.41) is 2.65. The van der Waals surface area contributed by atoms with Crippen molar-refractivity contribution in [3.63, 3.8) is 0 Å². The predicted molar refractivity (Wildman–Crippen MR) is 253 cm³/mol. The third-order valence-corrected chi connectivity index (χ3v) is 12.9. The molecule has 3 heterocycles. The number of rotatable bonds is 16. The molecule has 1 aliphatic heterocycles. The van der Waals surface area contributed by atoms with E-state index in [0.717, 1.165) is 16.7 Å². The lowest BCUT2D eigenvalue weighted by Crippen LogP contribution is -2.41. The van der Waals surface area contributed by atoms with E-state index >= 15 is 0 Å². The van der Waals surface area contributed by atoms with Gasteiger partial charge in [-0.1, -0.05) is 133 Å². The fraction of sp³-hybridized carbons (Fsp3) is 0.235. The molecule has 0 fully saturated rings. The highest BCUT2D eigenvalue weighted by Crippen LogP contribution is 2.58. The Balaban J connectivity index is 1.25. The van der Waals surface area contributed by atoms with Crippen molar-refractivity contribution in [2.75, 3.05) is 16.8 Å². The van der Waals surface area contributed by atoms with Crippen LogP contribution in [0.5, 0.6) is 5.88 Å². The van der Waals surface area contributed by atoms with Crippen LogP contribution in [0, 0.1) is 0 Å². The molecule has 0 saturated heterocycles. The number of nitrogens with zero attached hydrogens (tertiary/aromatic N) is 5. The number of hydrogen-bond donors (Lipinski definition) is 1. The normalized spacial score (nSPS) is 16.4. The molecule has 2 amide bonds. The molecule has 1 aliphatic rings. The summed E-state index contributed by atoms with van der Waals surface area (Å²) in [6.45, 7) is 8.38. The number of nitrogens with one attached hydrogen (secondary N) is 1. The number of carbonyl (C=O) groups excluding carboxylic acids is 2. The van der Waals surface area contributed by atoms with Gasteiger partial charge >= 0.3 is 13.7 Å². The first-order valence-corrected chi connectivity index (χ1v) is 23.3. The molecule has 15 heteroatoms. The zero-order valence-corrected chi connectivity index (χ0v) is 38.1. The van der Waals surface area contributed by atoms with Gasteiger partial charge in [0.15, 0.2) is 17.0 Å². The zero-order chi connectivity index (χ0) is 46.3. The fourth-order valence-corrected chi connectivity index (χ4v) is 10.1. The van der Waals surface area contributed by atoms with Crippen molar-refractivity contribution in [2.24, 2.45) is 0 Å². The van der Waals surface area contributed by atoms with Crippen molar-refractivity contribution < 1.29 is 37.4 Å². The first-order valence-electron chi connectivity index (χ1n) is 21.7. The van der Waals surface area contributed by atoms with E-state index < -0.39 is 55.4 Å². The number of para-hydroxylation sites is 2. The van der Waals surface area contributed by atoms with Crippen molar-refractivity contribution in [2.45, 2.75) is 70.4 Å². The Hall–Kier alpha value is -6.80. The SMILES string of the molecule is CC(=O)Nc1nc(OC(=O)N(c2ccccc2)c2ccccc2)c2ncn([C@@H]3C=C[C@@H](P(=O)(OC(C)C)OC(C)C)O[C@@H]3COC(c3ccccc3)(c3ccccc3)c3ccccc3)c2n1. The van der Waals surface area contributed by atoms with Crippen LogP contribution in [0.4, 0.5) is 22.1 Å². The minimum absolute atomic E-state index is 0.0815. The number of amides is 2. The molecule has 0 bridgehead atoms. The van der Waals surface area contributed by atoms with Gasteiger partial charge in [-0.15, -0.1) is 0 Å². The molecular formula is C51H51N6O8P. The molecule has 0 spiro atoms. The van der Waals surface area contributed by atoms with Crippen LogP contribution in [0.15, 0.2) is 170 Å². The molecule has 0 unspecified atom stereocenters. The van der Waals surface area contributed by atoms with Crippen LogP contribution in [0.2, 0.25) is 0 Å². The van der Waals surface area contributed by atoms with Crippen molar-refractivity contribution in [1.29, 1.82) is 0 Å². The van der Waals surface area contributed by atoms with E-state index in [2.05, 4.69) is 10.3 Å². The number of hydrogen-bond acceptors (Lipinski definition) is 11. The van der Waals surface area contributed by atoms with Gasteiger partial charge in [0.05, 0.1) is 42.6 Å². The topological polar surface area (TPSA) is 156 Å². The van der Waals surface area contributed by atoms with Gasteiger partial charge in [0, 0.05) is 6.92 Å². The van der Waals surface area contributed by atoms with E-state index in [1.54, 1.807) is 62.6 Å². The van der Waals surface area contributed by atoms with Gasteiger partial charge < -0.3 is 27.8 Å². The molecule has 0 saturated carbocycles. The number of benzene rings is 5. The maximum absolute atomic E-state index is 14.8. The summed E-state index contributed by atoms with van der Waals surface area (Å²) in [6, 6.07) is 47.1. The molecule has 1 N–H and O–H groups in total. The van der Waals surface area contributed by atoms with Crippen LogP contribution in [0.1, 0.15) is 57.4 Å². The molecule has 0 radical (unpaired) electrons. The van der Waals surface area contributed by atoms with E-state index in [0.29, 0.717) is 11.4 Å². The molecular weight excluding hydrogens is 856 g/mol. The van der Waals surface area contributed by atoms with Gasteiger partial charge in [-0.3, -0.25) is 14.7 Å². The van der Waals surface area contributed by atoms with Gasteiger partial charge in [-0.25, -0.2) is 14.7 Å². The van der Waals surface area contributed by atoms with E-state index in [9.17, 15) is 14.2 Å². The van der Waals surface area contributed by atoms with Crippen LogP contribution in [0.3, 0.4) is 0 Å². The Labute approximate surface area is 383 Å². The van der Waals surface area contributed by atoms with Gasteiger partial charge in [0.1, 0.15) is 11.7 Å². The van der Waals surface area contributed by atoms with E-state index in [1.807, 2.05) is 133 Å². The monoisotopic (exact) mass is 906 g/mol. The summed E-state index contributed by atoms with van der Waals surface area (Å²) < 4.78 is 48.9. The summed E-state index contributed by atoms with van der Waals surface area (Å²) in [5.74, 6) is -1.92. The zero-order valence-electron chi connectivity index (χ0n) is 37.2. The highest BCUT2D eigenvalue weighted by molar-refractivity contribution is 7.54. The first kappa shape index (κ1) is 45.8. The third-order valence-electron chi connectivity index (χ3n) is 10.6. The highest BCUT2D eigenvalue weighted by atomic mass is 31.2. The number of anilines is 3. The van der Waals surface area contributed by atoms with Gasteiger partial charge in [0.25, 0.3) is 5.88 Å². The minimum atomic E-state index is -3.97. The quantitative estimate of drug-likeness (QED) is 0.0559. The number of fused-ring (bicyclic) bond motifs is 1. The Bertz CT molecular complexity index is 2660. The van der Waals surface area contributed by atoms with Gasteiger partial charge in [0.2, 0.25) is 11.9 Å². The Morgan fingerprint density at radius 2 is 1.21 bits per heavy atom. The lowest BCUT2D eigenvalue weighted by Gasteiger charge is -2.40. The Kier molecular flexibility index (Phi) is 14.0. The number of aromatic nitrogens is 4. The molecule has 14 nitrogen and oxygen atoms in total. The van der Waals surface area contributed by atoms with Gasteiger partial charge in [-0.05, 0) is 74.7 Å². The van der Waals surface area contributed by atoms with E-state index in [1.165, 1.54) is 18.2 Å². The highest BCUT2D eigenvalue weighted by Gasteiger charge is 2.45. The average molecular weight is 907 g/mol. The molecule has 2 aromatic heterocycles. The second-order valence-corrected chi connectivity index (χ2v) is 18.1. The van der Waals surface area contributed by atoms with Crippen LogP contribution in [-0.4, -0.2) is 62.3 Å². The number of imidazole rings is 1. The molecule has 0 aliphatic carbocycles. The smallest absolute Gasteiger partial charge is 0.388 e. The maximum atomic E-state index is 14.8. The summed E-state index contributed by atoms with van der Waals surface area (Å²) >= 11 is 0. The first-order chi connectivity index (χ1) is 31.9. The summed E-state index contributed by atoms with van der Waals surface area (Å²) in [5.41, 5.74) is 2.87. The average Bonchev–Trinajstić information content (AvgIpc) is 3.74. The standard InChI is InChI=1S/C51H51N6O8P/c1-35(2)64-66(60,65-36(3)4)45-32-31-43(44(62-45)33-61-51(38-21-11-6-12-22-38,39-23-13-7-14-24-39)40-25-15-8-16-26-40)56-34-52-46-47(56)54-49(53-37(5)58)55-48(46)63-50(59)57(41-27-17-9-18-28-41)42-29-19-10-20-30-42/h6-32,34-36,43-45H,33H2,1-5H3,(H,53,54,55,58)/t43-,44-,45-/m1/s1. The largest absolute Gasteiger partial charge is 0.425 e. The summed E-state index contributed by atoms with van der Waals surface area (Å²) in [4.78, 5) is 42.1. The molecule has 8 rings (SSSR count). The van der Waals surface area contributed by atoms with Crippen LogP contribution < -0.4 is 15.0 Å². The molecule has 338 valence electrons. The summed E-state index contributed by atoms with van der Waals surface area (Å²) in [6.07, 6.45) is 2.41. The van der Waals surface area contributed by atoms with Crippen molar-refractivity contribution in [3.8, 4) is 5.88 Å². The molecule has 7 aromatic rings. The third kappa shape index (κ3) is 9.88. The van der Waals surface area contributed by atoms with Crippen LogP contribution in [-0.2, 0) is 33.5 Å². The minimum Gasteiger partial charge on any atom is -0.388 e. The molecule has 5 aromatic carbocycles. The number of ether oxygens (including phenoxy) is 3. The van der Waals surface area contributed by atoms with Crippen molar-refractivity contribution in [1.82, 2.24) is 19.5 Å². The van der Waals surface area contributed by atoms with E-state index in [-0.39, 0.29) is 29.6 Å². The molecule has 66 heavy (non-hydrogen) atoms. The summed E-state index contributed by atoms with van der Waals surface area (Å²) in [7, 11) is -3.97. The lowest BCUT2D eigenvalue weighted by atomic mass is 9.80.